The fourth-order valence-electron chi connectivity index (χ4n) is 1.64. The first kappa shape index (κ1) is 14.0. The Morgan fingerprint density at radius 1 is 1.30 bits per heavy atom. The Bertz CT molecular complexity index is 567. The summed E-state index contributed by atoms with van der Waals surface area (Å²) in [5.74, 6) is -1.84. The van der Waals surface area contributed by atoms with Crippen molar-refractivity contribution >= 4 is 11.8 Å². The lowest BCUT2D eigenvalue weighted by Gasteiger charge is -2.08. The summed E-state index contributed by atoms with van der Waals surface area (Å²) in [6.07, 6.45) is 3.13. The summed E-state index contributed by atoms with van der Waals surface area (Å²) in [6, 6.07) is 7.87. The molecule has 1 radical (unpaired) electrons. The topological polar surface area (TPSA) is 95.9 Å². The van der Waals surface area contributed by atoms with Gasteiger partial charge in [-0.05, 0) is 5.56 Å². The summed E-state index contributed by atoms with van der Waals surface area (Å²) in [5, 5.41) is 0. The van der Waals surface area contributed by atoms with Gasteiger partial charge in [-0.15, -0.1) is 0 Å². The number of aromatic nitrogens is 2. The number of esters is 1. The van der Waals surface area contributed by atoms with Gasteiger partial charge in [-0.2, -0.15) is 0 Å². The Balaban J connectivity index is 1.84. The van der Waals surface area contributed by atoms with E-state index in [0.717, 1.165) is 5.56 Å². The molecule has 2 N–H and O–H groups in total. The van der Waals surface area contributed by atoms with Crippen LogP contribution in [0, 0.1) is 0 Å². The molecule has 2 aromatic rings. The molecule has 0 bridgehead atoms. The molecular formula is C14H14N3O3. The first-order valence-electron chi connectivity index (χ1n) is 6.10. The van der Waals surface area contributed by atoms with Gasteiger partial charge in [0, 0.05) is 12.6 Å². The summed E-state index contributed by atoms with van der Waals surface area (Å²) in [7, 11) is 0. The van der Waals surface area contributed by atoms with Crippen molar-refractivity contribution in [1.82, 2.24) is 15.7 Å². The normalized spacial score (nSPS) is 11.8. The monoisotopic (exact) mass is 272 g/mol. The number of ketones is 1. The van der Waals surface area contributed by atoms with Crippen LogP contribution in [0.3, 0.4) is 0 Å². The molecule has 103 valence electrons. The Morgan fingerprint density at radius 3 is 2.70 bits per heavy atom. The van der Waals surface area contributed by atoms with E-state index in [0.29, 0.717) is 5.69 Å². The molecule has 6 nitrogen and oxygen atoms in total. The van der Waals surface area contributed by atoms with E-state index in [1.807, 2.05) is 18.2 Å². The smallest absolute Gasteiger partial charge is 0.376 e. The average Bonchev–Trinajstić information content (AvgIpc) is 2.98. The molecule has 1 aromatic heterocycles. The van der Waals surface area contributed by atoms with Gasteiger partial charge in [0.25, 0.3) is 5.78 Å². The van der Waals surface area contributed by atoms with E-state index in [1.54, 1.807) is 18.3 Å². The Hall–Kier alpha value is -2.47. The molecule has 0 amide bonds. The number of ether oxygens (including phenoxy) is 1. The number of Topliss-reactive ketones (excluding diaryl/α,β-unsaturated/α-hetero) is 1. The van der Waals surface area contributed by atoms with Gasteiger partial charge in [0.15, 0.2) is 0 Å². The molecule has 0 aliphatic carbocycles. The minimum atomic E-state index is -1.19. The van der Waals surface area contributed by atoms with Gasteiger partial charge in [0.1, 0.15) is 6.61 Å². The Kier molecular flexibility index (Phi) is 4.62. The van der Waals surface area contributed by atoms with Gasteiger partial charge in [0.05, 0.1) is 18.1 Å². The zero-order valence-electron chi connectivity index (χ0n) is 10.7. The molecule has 2 rings (SSSR count). The quantitative estimate of drug-likeness (QED) is 0.624. The fraction of sp³-hybridized carbons (Fsp3) is 0.214. The number of hydrogen-bond donors (Lipinski definition) is 1. The molecule has 1 aromatic carbocycles. The summed E-state index contributed by atoms with van der Waals surface area (Å²) in [6.45, 7) is 0.0283. The van der Waals surface area contributed by atoms with Crippen LogP contribution in [0.5, 0.6) is 0 Å². The van der Waals surface area contributed by atoms with Gasteiger partial charge in [0.2, 0.25) is 0 Å². The third kappa shape index (κ3) is 3.76. The van der Waals surface area contributed by atoms with Crippen LogP contribution in [0.15, 0.2) is 42.9 Å². The molecule has 0 saturated carbocycles. The highest BCUT2D eigenvalue weighted by Crippen LogP contribution is 2.03. The van der Waals surface area contributed by atoms with Gasteiger partial charge in [-0.25, -0.2) is 15.5 Å². The summed E-state index contributed by atoms with van der Waals surface area (Å²) in [5.41, 5.74) is 9.02. The van der Waals surface area contributed by atoms with E-state index < -0.39 is 17.8 Å². The van der Waals surface area contributed by atoms with Crippen molar-refractivity contribution in [3.05, 3.63) is 54.1 Å². The molecule has 0 unspecified atom stereocenters. The molecule has 0 spiro atoms. The minimum absolute atomic E-state index is 0.0283. The fourth-order valence-corrected chi connectivity index (χ4v) is 1.64. The molecule has 0 aliphatic heterocycles. The number of nitrogens with one attached hydrogen (secondary N) is 2. The first-order valence-corrected chi connectivity index (χ1v) is 6.10. The van der Waals surface area contributed by atoms with E-state index in [4.69, 9.17) is 10.5 Å². The standard InChI is InChI=1S/C14H14N3O3/c15-12(6-11-7-16-9-17-11)13(18)14(19)20-8-10-4-2-1-3-5-10/h1-5,7,9,12,15H,6,8H2,(H,16,17)/t12-/m0/s1. The van der Waals surface area contributed by atoms with Crippen molar-refractivity contribution in [2.24, 2.45) is 0 Å². The first-order chi connectivity index (χ1) is 9.66. The Morgan fingerprint density at radius 2 is 2.05 bits per heavy atom. The highest BCUT2D eigenvalue weighted by Gasteiger charge is 2.24. The number of carbonyl (C=O) groups is 2. The number of hydrogen-bond acceptors (Lipinski definition) is 4. The van der Waals surface area contributed by atoms with E-state index in [9.17, 15) is 9.59 Å². The summed E-state index contributed by atoms with van der Waals surface area (Å²) >= 11 is 0. The molecule has 0 aliphatic rings. The van der Waals surface area contributed by atoms with Crippen LogP contribution < -0.4 is 5.73 Å². The molecule has 6 heteroatoms. The van der Waals surface area contributed by atoms with Crippen LogP contribution >= 0.6 is 0 Å². The van der Waals surface area contributed by atoms with Crippen molar-refractivity contribution in [3.8, 4) is 0 Å². The Labute approximate surface area is 116 Å². The lowest BCUT2D eigenvalue weighted by molar-refractivity contribution is -0.155. The second kappa shape index (κ2) is 6.63. The SMILES string of the molecule is [NH][C@@H](Cc1c[nH]cn1)C(=O)C(=O)OCc1ccccc1. The van der Waals surface area contributed by atoms with Crippen LogP contribution in [0.1, 0.15) is 11.3 Å². The number of imidazole rings is 1. The molecule has 20 heavy (non-hydrogen) atoms. The predicted octanol–water partition coefficient (Wildman–Crippen LogP) is 0.916. The van der Waals surface area contributed by atoms with Gasteiger partial charge < -0.3 is 9.72 Å². The van der Waals surface area contributed by atoms with Crippen LogP contribution in [-0.4, -0.2) is 27.8 Å². The summed E-state index contributed by atoms with van der Waals surface area (Å²) in [4.78, 5) is 29.9. The highest BCUT2D eigenvalue weighted by molar-refractivity contribution is 6.35. The van der Waals surface area contributed by atoms with E-state index in [2.05, 4.69) is 9.97 Å². The molecule has 1 heterocycles. The van der Waals surface area contributed by atoms with E-state index in [1.165, 1.54) is 6.33 Å². The molecule has 0 saturated heterocycles. The minimum Gasteiger partial charge on any atom is -0.455 e. The maximum Gasteiger partial charge on any atom is 0.376 e. The number of rotatable bonds is 6. The predicted molar refractivity (Wildman–Crippen MR) is 70.4 cm³/mol. The van der Waals surface area contributed by atoms with Crippen molar-refractivity contribution in [1.29, 1.82) is 0 Å². The maximum atomic E-state index is 11.7. The number of aromatic amines is 1. The number of nitrogens with zero attached hydrogens (tertiary/aromatic N) is 1. The largest absolute Gasteiger partial charge is 0.455 e. The average molecular weight is 272 g/mol. The lowest BCUT2D eigenvalue weighted by Crippen LogP contribution is -2.33. The number of benzene rings is 1. The van der Waals surface area contributed by atoms with Gasteiger partial charge >= 0.3 is 5.97 Å². The van der Waals surface area contributed by atoms with Gasteiger partial charge in [-0.3, -0.25) is 4.79 Å². The lowest BCUT2D eigenvalue weighted by atomic mass is 10.1. The van der Waals surface area contributed by atoms with Crippen LogP contribution in [0.25, 0.3) is 0 Å². The second-order valence-corrected chi connectivity index (χ2v) is 4.24. The maximum absolute atomic E-state index is 11.7. The highest BCUT2D eigenvalue weighted by atomic mass is 16.5. The zero-order valence-corrected chi connectivity index (χ0v) is 10.7. The molecule has 1 atom stereocenters. The van der Waals surface area contributed by atoms with Crippen molar-refractivity contribution in [3.63, 3.8) is 0 Å². The second-order valence-electron chi connectivity index (χ2n) is 4.24. The molecule has 0 fully saturated rings. The zero-order chi connectivity index (χ0) is 14.4. The van der Waals surface area contributed by atoms with Crippen molar-refractivity contribution in [2.45, 2.75) is 19.1 Å². The van der Waals surface area contributed by atoms with Crippen LogP contribution in [-0.2, 0) is 27.4 Å². The van der Waals surface area contributed by atoms with Crippen LogP contribution in [0.2, 0.25) is 0 Å². The van der Waals surface area contributed by atoms with E-state index >= 15 is 0 Å². The summed E-state index contributed by atoms with van der Waals surface area (Å²) < 4.78 is 4.89. The van der Waals surface area contributed by atoms with Crippen LogP contribution in [0.4, 0.5) is 0 Å². The number of carbonyl (C=O) groups excluding carboxylic acids is 2. The number of H-pyrrole nitrogens is 1. The third-order valence-electron chi connectivity index (χ3n) is 2.70. The van der Waals surface area contributed by atoms with Crippen molar-refractivity contribution < 1.29 is 14.3 Å². The molecular weight excluding hydrogens is 258 g/mol. The van der Waals surface area contributed by atoms with E-state index in [-0.39, 0.29) is 13.0 Å². The van der Waals surface area contributed by atoms with Crippen molar-refractivity contribution in [2.75, 3.05) is 0 Å². The third-order valence-corrected chi connectivity index (χ3v) is 2.70. The van der Waals surface area contributed by atoms with Gasteiger partial charge in [-0.1, -0.05) is 30.3 Å².